The summed E-state index contributed by atoms with van der Waals surface area (Å²) in [6.45, 7) is 2.09. The van der Waals surface area contributed by atoms with Crippen LogP contribution in [0.4, 0.5) is 13.2 Å². The van der Waals surface area contributed by atoms with E-state index in [1.807, 2.05) is 0 Å². The van der Waals surface area contributed by atoms with E-state index >= 15 is 0 Å². The molecule has 2 N–H and O–H groups in total. The van der Waals surface area contributed by atoms with Gasteiger partial charge in [-0.15, -0.1) is 0 Å². The summed E-state index contributed by atoms with van der Waals surface area (Å²) in [5.74, 6) is -1.51. The third-order valence-corrected chi connectivity index (χ3v) is 3.93. The van der Waals surface area contributed by atoms with Crippen LogP contribution >= 0.6 is 0 Å². The molecule has 0 aromatic carbocycles. The maximum Gasteiger partial charge on any atom is 0.392 e. The third-order valence-electron chi connectivity index (χ3n) is 3.93. The number of unbranched alkanes of at least 4 members (excludes halogenated alkanes) is 2. The highest BCUT2D eigenvalue weighted by molar-refractivity contribution is 4.86. The van der Waals surface area contributed by atoms with Gasteiger partial charge >= 0.3 is 6.18 Å². The molecule has 1 rings (SSSR count). The summed E-state index contributed by atoms with van der Waals surface area (Å²) in [5.41, 5.74) is 5.98. The van der Waals surface area contributed by atoms with Crippen molar-refractivity contribution in [2.24, 2.45) is 17.6 Å². The molecule has 1 saturated carbocycles. The van der Waals surface area contributed by atoms with Gasteiger partial charge in [-0.1, -0.05) is 39.0 Å². The second-order valence-corrected chi connectivity index (χ2v) is 5.26. The van der Waals surface area contributed by atoms with E-state index in [1.165, 1.54) is 0 Å². The first-order valence-corrected chi connectivity index (χ1v) is 6.79. The molecule has 1 fully saturated rings. The van der Waals surface area contributed by atoms with Crippen molar-refractivity contribution in [3.63, 3.8) is 0 Å². The number of hydrogen-bond donors (Lipinski definition) is 1. The third kappa shape index (κ3) is 4.49. The van der Waals surface area contributed by atoms with Gasteiger partial charge in [0.25, 0.3) is 0 Å². The molecule has 102 valence electrons. The molecule has 17 heavy (non-hydrogen) atoms. The number of nitrogens with two attached hydrogens (primary N) is 1. The Morgan fingerprint density at radius 2 is 1.82 bits per heavy atom. The van der Waals surface area contributed by atoms with Gasteiger partial charge in [-0.3, -0.25) is 0 Å². The molecule has 0 aliphatic heterocycles. The lowest BCUT2D eigenvalue weighted by molar-refractivity contribution is -0.198. The molecule has 0 saturated heterocycles. The maximum absolute atomic E-state index is 12.9. The normalized spacial score (nSPS) is 28.1. The fourth-order valence-corrected chi connectivity index (χ4v) is 2.92. The van der Waals surface area contributed by atoms with Crippen molar-refractivity contribution in [2.45, 2.75) is 70.5 Å². The molecule has 0 aromatic rings. The Balaban J connectivity index is 2.52. The molecule has 0 aromatic heterocycles. The van der Waals surface area contributed by atoms with Crippen molar-refractivity contribution in [3.05, 3.63) is 0 Å². The maximum atomic E-state index is 12.9. The molecule has 3 unspecified atom stereocenters. The van der Waals surface area contributed by atoms with E-state index in [-0.39, 0.29) is 18.4 Å². The number of hydrogen-bond acceptors (Lipinski definition) is 1. The second kappa shape index (κ2) is 6.62. The lowest BCUT2D eigenvalue weighted by Crippen LogP contribution is -2.43. The Labute approximate surface area is 102 Å². The van der Waals surface area contributed by atoms with Crippen molar-refractivity contribution in [3.8, 4) is 0 Å². The first kappa shape index (κ1) is 14.8. The molecule has 1 aliphatic carbocycles. The zero-order chi connectivity index (χ0) is 12.9. The lowest BCUT2D eigenvalue weighted by atomic mass is 9.74. The van der Waals surface area contributed by atoms with Gasteiger partial charge in [0, 0.05) is 6.04 Å². The molecule has 1 aliphatic rings. The Morgan fingerprint density at radius 1 is 1.18 bits per heavy atom. The molecule has 3 atom stereocenters. The topological polar surface area (TPSA) is 26.0 Å². The average molecular weight is 251 g/mol. The first-order valence-electron chi connectivity index (χ1n) is 6.79. The summed E-state index contributed by atoms with van der Waals surface area (Å²) >= 11 is 0. The summed E-state index contributed by atoms with van der Waals surface area (Å²) in [4.78, 5) is 0. The van der Waals surface area contributed by atoms with Crippen LogP contribution in [0.2, 0.25) is 0 Å². The molecule has 4 heteroatoms. The molecular formula is C13H24F3N. The van der Waals surface area contributed by atoms with E-state index < -0.39 is 12.1 Å². The summed E-state index contributed by atoms with van der Waals surface area (Å²) in [5, 5.41) is 0. The van der Waals surface area contributed by atoms with Crippen LogP contribution in [-0.4, -0.2) is 12.2 Å². The van der Waals surface area contributed by atoms with Gasteiger partial charge in [-0.2, -0.15) is 13.2 Å². The zero-order valence-corrected chi connectivity index (χ0v) is 10.6. The highest BCUT2D eigenvalue weighted by Crippen LogP contribution is 2.43. The lowest BCUT2D eigenvalue weighted by Gasteiger charge is -2.36. The predicted octanol–water partition coefficient (Wildman–Crippen LogP) is 4.26. The van der Waals surface area contributed by atoms with E-state index in [4.69, 9.17) is 5.73 Å². The van der Waals surface area contributed by atoms with Gasteiger partial charge < -0.3 is 5.73 Å². The molecule has 0 heterocycles. The quantitative estimate of drug-likeness (QED) is 0.726. The molecule has 0 amide bonds. The molecule has 1 nitrogen and oxygen atoms in total. The SMILES string of the molecule is CCCCCC(N)C1CCCCC1C(F)(F)F. The molecular weight excluding hydrogens is 227 g/mol. The van der Waals surface area contributed by atoms with Crippen LogP contribution < -0.4 is 5.73 Å². The minimum Gasteiger partial charge on any atom is -0.327 e. The zero-order valence-electron chi connectivity index (χ0n) is 10.6. The van der Waals surface area contributed by atoms with E-state index in [9.17, 15) is 13.2 Å². The average Bonchev–Trinajstić information content (AvgIpc) is 2.28. The predicted molar refractivity (Wildman–Crippen MR) is 63.6 cm³/mol. The van der Waals surface area contributed by atoms with Crippen molar-refractivity contribution in [1.82, 2.24) is 0 Å². The molecule has 0 spiro atoms. The minimum absolute atomic E-state index is 0.270. The summed E-state index contributed by atoms with van der Waals surface area (Å²) in [7, 11) is 0. The van der Waals surface area contributed by atoms with Gasteiger partial charge in [0.2, 0.25) is 0 Å². The number of halogens is 3. The van der Waals surface area contributed by atoms with Crippen LogP contribution in [0.3, 0.4) is 0 Å². The van der Waals surface area contributed by atoms with Crippen molar-refractivity contribution in [1.29, 1.82) is 0 Å². The van der Waals surface area contributed by atoms with Gasteiger partial charge in [0.05, 0.1) is 5.92 Å². The minimum atomic E-state index is -4.06. The Hall–Kier alpha value is -0.250. The Morgan fingerprint density at radius 3 is 2.41 bits per heavy atom. The van der Waals surface area contributed by atoms with Crippen molar-refractivity contribution in [2.75, 3.05) is 0 Å². The van der Waals surface area contributed by atoms with Gasteiger partial charge in [-0.05, 0) is 25.2 Å². The van der Waals surface area contributed by atoms with Crippen LogP contribution in [0.5, 0.6) is 0 Å². The monoisotopic (exact) mass is 251 g/mol. The fourth-order valence-electron chi connectivity index (χ4n) is 2.92. The van der Waals surface area contributed by atoms with E-state index in [0.717, 1.165) is 32.1 Å². The van der Waals surface area contributed by atoms with E-state index in [0.29, 0.717) is 12.8 Å². The highest BCUT2D eigenvalue weighted by atomic mass is 19.4. The van der Waals surface area contributed by atoms with Gasteiger partial charge in [0.15, 0.2) is 0 Å². The van der Waals surface area contributed by atoms with Crippen molar-refractivity contribution >= 4 is 0 Å². The van der Waals surface area contributed by atoms with Crippen LogP contribution in [0.25, 0.3) is 0 Å². The number of rotatable bonds is 5. The number of alkyl halides is 3. The highest BCUT2D eigenvalue weighted by Gasteiger charge is 2.46. The standard InChI is InChI=1S/C13H24F3N/c1-2-3-4-9-12(17)10-7-5-6-8-11(10)13(14,15)16/h10-12H,2-9,17H2,1H3. The molecule has 0 bridgehead atoms. The smallest absolute Gasteiger partial charge is 0.327 e. The van der Waals surface area contributed by atoms with Gasteiger partial charge in [-0.25, -0.2) is 0 Å². The summed E-state index contributed by atoms with van der Waals surface area (Å²) < 4.78 is 38.7. The second-order valence-electron chi connectivity index (χ2n) is 5.26. The van der Waals surface area contributed by atoms with Crippen LogP contribution in [0, 0.1) is 11.8 Å². The summed E-state index contributed by atoms with van der Waals surface area (Å²) in [6.07, 6.45) is 2.31. The van der Waals surface area contributed by atoms with Crippen LogP contribution in [0.15, 0.2) is 0 Å². The Kier molecular flexibility index (Phi) is 5.77. The largest absolute Gasteiger partial charge is 0.392 e. The van der Waals surface area contributed by atoms with E-state index in [1.54, 1.807) is 0 Å². The van der Waals surface area contributed by atoms with Gasteiger partial charge in [0.1, 0.15) is 0 Å². The van der Waals surface area contributed by atoms with Crippen molar-refractivity contribution < 1.29 is 13.2 Å². The van der Waals surface area contributed by atoms with Crippen LogP contribution in [0.1, 0.15) is 58.3 Å². The first-order chi connectivity index (χ1) is 7.96. The Bertz CT molecular complexity index is 215. The van der Waals surface area contributed by atoms with Crippen LogP contribution in [-0.2, 0) is 0 Å². The van der Waals surface area contributed by atoms with E-state index in [2.05, 4.69) is 6.92 Å². The fraction of sp³-hybridized carbons (Fsp3) is 1.00. The molecule has 0 radical (unpaired) electrons. The summed E-state index contributed by atoms with van der Waals surface area (Å²) in [6, 6.07) is -0.270.